The maximum Gasteiger partial charge on any atom is 0.222 e. The molecule has 5 nitrogen and oxygen atoms in total. The van der Waals surface area contributed by atoms with Crippen LogP contribution in [0.1, 0.15) is 20.3 Å². The number of nitrogens with zero attached hydrogens (tertiary/aromatic N) is 1. The van der Waals surface area contributed by atoms with Gasteiger partial charge in [-0.2, -0.15) is 0 Å². The number of morpholine rings is 1. The minimum absolute atomic E-state index is 0.0194. The van der Waals surface area contributed by atoms with Crippen LogP contribution in [0.15, 0.2) is 0 Å². The Morgan fingerprint density at radius 2 is 2.22 bits per heavy atom. The van der Waals surface area contributed by atoms with Crippen molar-refractivity contribution < 1.29 is 9.53 Å². The highest BCUT2D eigenvalue weighted by Gasteiger charge is 2.21. The van der Waals surface area contributed by atoms with E-state index < -0.39 is 0 Å². The molecule has 2 atom stereocenters. The highest BCUT2D eigenvalue weighted by atomic mass is 16.5. The van der Waals surface area contributed by atoms with Gasteiger partial charge in [-0.3, -0.25) is 4.79 Å². The van der Waals surface area contributed by atoms with E-state index in [0.29, 0.717) is 18.9 Å². The van der Waals surface area contributed by atoms with Gasteiger partial charge in [0.2, 0.25) is 5.91 Å². The highest BCUT2D eigenvalue weighted by molar-refractivity contribution is 5.76. The molecule has 106 valence electrons. The Bertz CT molecular complexity index is 251. The molecular weight excluding hydrogens is 230 g/mol. The fourth-order valence-corrected chi connectivity index (χ4v) is 2.04. The van der Waals surface area contributed by atoms with Crippen LogP contribution in [-0.2, 0) is 9.53 Å². The molecule has 1 aliphatic rings. The van der Waals surface area contributed by atoms with E-state index in [1.807, 2.05) is 14.1 Å². The minimum Gasteiger partial charge on any atom is -0.375 e. The molecule has 0 aromatic carbocycles. The molecule has 5 heteroatoms. The highest BCUT2D eigenvalue weighted by Crippen LogP contribution is 2.06. The van der Waals surface area contributed by atoms with Crippen LogP contribution < -0.4 is 10.6 Å². The largest absolute Gasteiger partial charge is 0.375 e. The molecule has 0 spiro atoms. The first-order chi connectivity index (χ1) is 8.49. The van der Waals surface area contributed by atoms with Gasteiger partial charge >= 0.3 is 0 Å². The lowest BCUT2D eigenvalue weighted by atomic mass is 10.0. The first-order valence-corrected chi connectivity index (χ1v) is 6.75. The van der Waals surface area contributed by atoms with Crippen molar-refractivity contribution >= 4 is 5.91 Å². The average molecular weight is 257 g/mol. The summed E-state index contributed by atoms with van der Waals surface area (Å²) in [4.78, 5) is 14.1. The molecule has 1 heterocycles. The fourth-order valence-electron chi connectivity index (χ4n) is 2.04. The van der Waals surface area contributed by atoms with Crippen LogP contribution >= 0.6 is 0 Å². The first-order valence-electron chi connectivity index (χ1n) is 6.75. The van der Waals surface area contributed by atoms with Crippen molar-refractivity contribution in [3.63, 3.8) is 0 Å². The van der Waals surface area contributed by atoms with E-state index in [2.05, 4.69) is 29.4 Å². The molecule has 1 amide bonds. The maximum absolute atomic E-state index is 12.0. The van der Waals surface area contributed by atoms with Crippen LogP contribution in [0.2, 0.25) is 0 Å². The second-order valence-electron chi connectivity index (χ2n) is 5.58. The molecule has 0 radical (unpaired) electrons. The zero-order valence-electron chi connectivity index (χ0n) is 12.0. The van der Waals surface area contributed by atoms with Crippen LogP contribution in [0.3, 0.4) is 0 Å². The number of hydrogen-bond acceptors (Lipinski definition) is 4. The SMILES string of the molecule is CC(C)C(CN(C)C)NC(=O)CC1CNCCO1. The summed E-state index contributed by atoms with van der Waals surface area (Å²) < 4.78 is 5.54. The number of nitrogens with one attached hydrogen (secondary N) is 2. The lowest BCUT2D eigenvalue weighted by Crippen LogP contribution is -2.47. The lowest BCUT2D eigenvalue weighted by Gasteiger charge is -2.27. The summed E-state index contributed by atoms with van der Waals surface area (Å²) in [6.45, 7) is 7.48. The van der Waals surface area contributed by atoms with Gasteiger partial charge in [-0.1, -0.05) is 13.8 Å². The van der Waals surface area contributed by atoms with Gasteiger partial charge in [0.25, 0.3) is 0 Å². The normalized spacial score (nSPS) is 22.2. The number of rotatable bonds is 6. The molecule has 2 unspecified atom stereocenters. The monoisotopic (exact) mass is 257 g/mol. The van der Waals surface area contributed by atoms with E-state index in [1.54, 1.807) is 0 Å². The number of amides is 1. The standard InChI is InChI=1S/C13H27N3O2/c1-10(2)12(9-16(3)4)15-13(17)7-11-8-14-5-6-18-11/h10-12,14H,5-9H2,1-4H3,(H,15,17). The molecule has 1 aliphatic heterocycles. The Kier molecular flexibility index (Phi) is 6.60. The van der Waals surface area contributed by atoms with Crippen LogP contribution in [0.4, 0.5) is 0 Å². The van der Waals surface area contributed by atoms with Gasteiger partial charge in [0.15, 0.2) is 0 Å². The molecule has 0 saturated carbocycles. The van der Waals surface area contributed by atoms with E-state index in [0.717, 1.165) is 19.6 Å². The maximum atomic E-state index is 12.0. The van der Waals surface area contributed by atoms with Crippen LogP contribution in [-0.4, -0.2) is 63.3 Å². The van der Waals surface area contributed by atoms with Crippen molar-refractivity contribution in [2.75, 3.05) is 40.3 Å². The third-order valence-electron chi connectivity index (χ3n) is 3.13. The number of carbonyl (C=O) groups excluding carboxylic acids is 1. The molecule has 0 aliphatic carbocycles. The average Bonchev–Trinajstić information content (AvgIpc) is 2.28. The predicted octanol–water partition coefficient (Wildman–Crippen LogP) is 0.0673. The number of hydrogen-bond donors (Lipinski definition) is 2. The van der Waals surface area contributed by atoms with E-state index in [9.17, 15) is 4.79 Å². The summed E-state index contributed by atoms with van der Waals surface area (Å²) in [5.74, 6) is 0.519. The zero-order chi connectivity index (χ0) is 13.5. The molecule has 0 aromatic rings. The molecule has 18 heavy (non-hydrogen) atoms. The second-order valence-corrected chi connectivity index (χ2v) is 5.58. The van der Waals surface area contributed by atoms with Gasteiger partial charge in [0.1, 0.15) is 0 Å². The quantitative estimate of drug-likeness (QED) is 0.707. The summed E-state index contributed by atoms with van der Waals surface area (Å²) in [6, 6.07) is 0.198. The van der Waals surface area contributed by atoms with E-state index >= 15 is 0 Å². The van der Waals surface area contributed by atoms with E-state index in [-0.39, 0.29) is 18.1 Å². The van der Waals surface area contributed by atoms with Gasteiger partial charge in [0.05, 0.1) is 19.1 Å². The zero-order valence-corrected chi connectivity index (χ0v) is 12.0. The number of carbonyl (C=O) groups is 1. The summed E-state index contributed by atoms with van der Waals surface area (Å²) in [5, 5.41) is 6.34. The summed E-state index contributed by atoms with van der Waals surface area (Å²) in [6.07, 6.45) is 0.467. The topological polar surface area (TPSA) is 53.6 Å². The van der Waals surface area contributed by atoms with Crippen LogP contribution in [0, 0.1) is 5.92 Å². The van der Waals surface area contributed by atoms with Crippen molar-refractivity contribution in [2.24, 2.45) is 5.92 Å². The fraction of sp³-hybridized carbons (Fsp3) is 0.923. The Morgan fingerprint density at radius 3 is 2.72 bits per heavy atom. The van der Waals surface area contributed by atoms with Crippen LogP contribution in [0.5, 0.6) is 0 Å². The Hall–Kier alpha value is -0.650. The van der Waals surface area contributed by atoms with Gasteiger partial charge < -0.3 is 20.3 Å². The molecule has 1 rings (SSSR count). The molecule has 0 aromatic heterocycles. The van der Waals surface area contributed by atoms with Gasteiger partial charge in [-0.15, -0.1) is 0 Å². The molecule has 2 N–H and O–H groups in total. The lowest BCUT2D eigenvalue weighted by molar-refractivity contribution is -0.125. The summed E-state index contributed by atoms with van der Waals surface area (Å²) in [7, 11) is 4.05. The number of likely N-dealkylation sites (N-methyl/N-ethyl adjacent to an activating group) is 1. The van der Waals surface area contributed by atoms with Crippen molar-refractivity contribution in [3.8, 4) is 0 Å². The summed E-state index contributed by atoms with van der Waals surface area (Å²) >= 11 is 0. The predicted molar refractivity (Wildman–Crippen MR) is 72.5 cm³/mol. The second kappa shape index (κ2) is 7.71. The van der Waals surface area contributed by atoms with Crippen molar-refractivity contribution in [1.82, 2.24) is 15.5 Å². The summed E-state index contributed by atoms with van der Waals surface area (Å²) in [5.41, 5.74) is 0. The van der Waals surface area contributed by atoms with Gasteiger partial charge in [-0.05, 0) is 20.0 Å². The van der Waals surface area contributed by atoms with E-state index in [4.69, 9.17) is 4.74 Å². The Morgan fingerprint density at radius 1 is 1.50 bits per heavy atom. The third-order valence-corrected chi connectivity index (χ3v) is 3.13. The van der Waals surface area contributed by atoms with Crippen molar-refractivity contribution in [2.45, 2.75) is 32.4 Å². The van der Waals surface area contributed by atoms with Gasteiger partial charge in [-0.25, -0.2) is 0 Å². The Balaban J connectivity index is 2.35. The van der Waals surface area contributed by atoms with Crippen molar-refractivity contribution in [3.05, 3.63) is 0 Å². The molecule has 1 saturated heterocycles. The van der Waals surface area contributed by atoms with Crippen molar-refractivity contribution in [1.29, 1.82) is 0 Å². The molecule has 1 fully saturated rings. The number of ether oxygens (including phenoxy) is 1. The Labute approximate surface area is 110 Å². The van der Waals surface area contributed by atoms with E-state index in [1.165, 1.54) is 0 Å². The third kappa shape index (κ3) is 5.80. The van der Waals surface area contributed by atoms with Gasteiger partial charge in [0, 0.05) is 25.7 Å². The molecule has 0 bridgehead atoms. The van der Waals surface area contributed by atoms with Crippen LogP contribution in [0.25, 0.3) is 0 Å². The minimum atomic E-state index is 0.0194. The first kappa shape index (κ1) is 15.4. The molecular formula is C13H27N3O2. The smallest absolute Gasteiger partial charge is 0.222 e.